The van der Waals surface area contributed by atoms with Crippen LogP contribution < -0.4 is 10.1 Å². The molecule has 1 unspecified atom stereocenters. The van der Waals surface area contributed by atoms with Crippen LogP contribution in [0.25, 0.3) is 0 Å². The number of nitrogens with zero attached hydrogens (tertiary/aromatic N) is 3. The van der Waals surface area contributed by atoms with E-state index in [2.05, 4.69) is 49.2 Å². The maximum atomic E-state index is 12.2. The van der Waals surface area contributed by atoms with Gasteiger partial charge in [0.05, 0.1) is 0 Å². The van der Waals surface area contributed by atoms with Crippen molar-refractivity contribution in [2.45, 2.75) is 25.1 Å². The van der Waals surface area contributed by atoms with E-state index in [1.54, 1.807) is 13.1 Å². The Labute approximate surface area is 185 Å². The first-order valence-corrected chi connectivity index (χ1v) is 9.09. The van der Waals surface area contributed by atoms with Crippen molar-refractivity contribution >= 4 is 29.9 Å². The van der Waals surface area contributed by atoms with Gasteiger partial charge in [-0.2, -0.15) is 13.2 Å². The zero-order chi connectivity index (χ0) is 20.0. The number of benzene rings is 1. The number of guanidine groups is 1. The molecule has 0 aliphatic carbocycles. The molecular formula is C20H24F3IN4O. The van der Waals surface area contributed by atoms with Crippen LogP contribution in [0, 0.1) is 0 Å². The summed E-state index contributed by atoms with van der Waals surface area (Å²) in [5.41, 5.74) is 2.17. The number of likely N-dealkylation sites (tertiary alicyclic amines) is 1. The van der Waals surface area contributed by atoms with Crippen molar-refractivity contribution < 1.29 is 17.9 Å². The zero-order valence-electron chi connectivity index (χ0n) is 16.0. The van der Waals surface area contributed by atoms with E-state index in [9.17, 15) is 13.2 Å². The largest absolute Gasteiger partial charge is 0.468 e. The molecule has 0 bridgehead atoms. The number of ether oxygens (including phenoxy) is 1. The average molecular weight is 520 g/mol. The molecule has 1 aromatic heterocycles. The summed E-state index contributed by atoms with van der Waals surface area (Å²) in [5.74, 6) is 1.23. The molecule has 29 heavy (non-hydrogen) atoms. The van der Waals surface area contributed by atoms with Gasteiger partial charge in [-0.25, -0.2) is 4.98 Å². The van der Waals surface area contributed by atoms with E-state index in [1.165, 1.54) is 17.8 Å². The van der Waals surface area contributed by atoms with E-state index in [0.717, 1.165) is 31.0 Å². The summed E-state index contributed by atoms with van der Waals surface area (Å²) in [6, 6.07) is 13.6. The molecule has 1 N–H and O–H groups in total. The minimum absolute atomic E-state index is 0. The molecule has 0 amide bonds. The Morgan fingerprint density at radius 3 is 2.62 bits per heavy atom. The smallest absolute Gasteiger partial charge is 0.422 e. The van der Waals surface area contributed by atoms with E-state index in [4.69, 9.17) is 0 Å². The Hall–Kier alpha value is -2.04. The van der Waals surface area contributed by atoms with Gasteiger partial charge >= 0.3 is 6.18 Å². The number of rotatable bonds is 5. The number of aliphatic imine (C=N–C) groups is 1. The van der Waals surface area contributed by atoms with Crippen molar-refractivity contribution in [1.29, 1.82) is 0 Å². The molecule has 2 aromatic rings. The number of aromatic nitrogens is 1. The van der Waals surface area contributed by atoms with E-state index in [1.807, 2.05) is 6.07 Å². The second-order valence-electron chi connectivity index (χ2n) is 6.65. The predicted octanol–water partition coefficient (Wildman–Crippen LogP) is 4.21. The van der Waals surface area contributed by atoms with E-state index in [0.29, 0.717) is 12.5 Å². The third kappa shape index (κ3) is 7.06. The standard InChI is InChI=1S/C20H23F3N4O.HI/c1-24-19(27-10-9-17(13-27)16-5-3-2-4-6-16)26-12-15-7-8-18(25-11-15)28-14-20(21,22)23;/h2-8,11,17H,9-10,12-14H2,1H3,(H,24,26);1H. The first-order chi connectivity index (χ1) is 13.4. The van der Waals surface area contributed by atoms with Crippen molar-refractivity contribution in [3.8, 4) is 5.88 Å². The van der Waals surface area contributed by atoms with Gasteiger partial charge in [-0.15, -0.1) is 24.0 Å². The molecule has 5 nitrogen and oxygen atoms in total. The summed E-state index contributed by atoms with van der Waals surface area (Å²) in [6.45, 7) is 0.946. The Balaban J connectivity index is 0.00000300. The van der Waals surface area contributed by atoms with Crippen LogP contribution >= 0.6 is 24.0 Å². The van der Waals surface area contributed by atoms with Crippen LogP contribution in [0.1, 0.15) is 23.5 Å². The average Bonchev–Trinajstić information content (AvgIpc) is 3.18. The number of nitrogens with one attached hydrogen (secondary N) is 1. The molecule has 1 fully saturated rings. The lowest BCUT2D eigenvalue weighted by Crippen LogP contribution is -2.39. The molecule has 1 aliphatic heterocycles. The highest BCUT2D eigenvalue weighted by Crippen LogP contribution is 2.26. The minimum Gasteiger partial charge on any atom is -0.468 e. The van der Waals surface area contributed by atoms with Gasteiger partial charge in [0.15, 0.2) is 12.6 Å². The lowest BCUT2D eigenvalue weighted by Gasteiger charge is -2.22. The molecule has 9 heteroatoms. The summed E-state index contributed by atoms with van der Waals surface area (Å²) in [6.07, 6.45) is -1.80. The summed E-state index contributed by atoms with van der Waals surface area (Å²) < 4.78 is 41.1. The van der Waals surface area contributed by atoms with Gasteiger partial charge in [0.25, 0.3) is 0 Å². The molecule has 0 radical (unpaired) electrons. The number of hydrogen-bond acceptors (Lipinski definition) is 3. The highest BCUT2D eigenvalue weighted by molar-refractivity contribution is 14.0. The van der Waals surface area contributed by atoms with Crippen molar-refractivity contribution in [2.24, 2.45) is 4.99 Å². The van der Waals surface area contributed by atoms with Gasteiger partial charge in [0.1, 0.15) is 0 Å². The third-order valence-electron chi connectivity index (χ3n) is 4.60. The van der Waals surface area contributed by atoms with Crippen LogP contribution in [0.5, 0.6) is 5.88 Å². The summed E-state index contributed by atoms with van der Waals surface area (Å²) in [5, 5.41) is 3.29. The highest BCUT2D eigenvalue weighted by Gasteiger charge is 2.28. The van der Waals surface area contributed by atoms with Crippen molar-refractivity contribution in [1.82, 2.24) is 15.2 Å². The molecule has 1 aliphatic rings. The second-order valence-corrected chi connectivity index (χ2v) is 6.65. The molecule has 1 saturated heterocycles. The van der Waals surface area contributed by atoms with Gasteiger partial charge in [-0.3, -0.25) is 4.99 Å². The maximum absolute atomic E-state index is 12.2. The fourth-order valence-corrected chi connectivity index (χ4v) is 3.22. The molecular weight excluding hydrogens is 496 g/mol. The molecule has 0 saturated carbocycles. The first kappa shape index (κ1) is 23.2. The second kappa shape index (κ2) is 10.7. The lowest BCUT2D eigenvalue weighted by atomic mass is 9.99. The quantitative estimate of drug-likeness (QED) is 0.365. The topological polar surface area (TPSA) is 49.8 Å². The minimum atomic E-state index is -4.37. The van der Waals surface area contributed by atoms with Gasteiger partial charge in [0.2, 0.25) is 5.88 Å². The fraction of sp³-hybridized carbons (Fsp3) is 0.400. The Kier molecular flexibility index (Phi) is 8.54. The fourth-order valence-electron chi connectivity index (χ4n) is 3.22. The summed E-state index contributed by atoms with van der Waals surface area (Å²) in [4.78, 5) is 10.5. The van der Waals surface area contributed by atoms with Gasteiger partial charge in [-0.05, 0) is 17.5 Å². The van der Waals surface area contributed by atoms with Crippen molar-refractivity contribution in [2.75, 3.05) is 26.7 Å². The van der Waals surface area contributed by atoms with Gasteiger partial charge < -0.3 is 15.0 Å². The molecule has 0 spiro atoms. The van der Waals surface area contributed by atoms with Crippen molar-refractivity contribution in [3.05, 3.63) is 59.8 Å². The number of halogens is 4. The zero-order valence-corrected chi connectivity index (χ0v) is 18.4. The maximum Gasteiger partial charge on any atom is 0.422 e. The number of alkyl halides is 3. The van der Waals surface area contributed by atoms with Crippen LogP contribution in [-0.2, 0) is 6.54 Å². The van der Waals surface area contributed by atoms with Crippen molar-refractivity contribution in [3.63, 3.8) is 0 Å². The van der Waals surface area contributed by atoms with E-state index < -0.39 is 12.8 Å². The third-order valence-corrected chi connectivity index (χ3v) is 4.60. The Morgan fingerprint density at radius 1 is 1.24 bits per heavy atom. The Bertz CT molecular complexity index is 785. The molecule has 3 rings (SSSR count). The lowest BCUT2D eigenvalue weighted by molar-refractivity contribution is -0.154. The number of pyridine rings is 1. The molecule has 158 valence electrons. The Morgan fingerprint density at radius 2 is 2.00 bits per heavy atom. The highest BCUT2D eigenvalue weighted by atomic mass is 127. The first-order valence-electron chi connectivity index (χ1n) is 9.09. The van der Waals surface area contributed by atoms with E-state index in [-0.39, 0.29) is 29.9 Å². The van der Waals surface area contributed by atoms with Gasteiger partial charge in [0, 0.05) is 44.9 Å². The normalized spacial score (nSPS) is 17.0. The van der Waals surface area contributed by atoms with Crippen LogP contribution in [0.4, 0.5) is 13.2 Å². The van der Waals surface area contributed by atoms with Gasteiger partial charge in [-0.1, -0.05) is 36.4 Å². The van der Waals surface area contributed by atoms with Crippen LogP contribution in [0.15, 0.2) is 53.7 Å². The van der Waals surface area contributed by atoms with E-state index >= 15 is 0 Å². The molecule has 1 atom stereocenters. The summed E-state index contributed by atoms with van der Waals surface area (Å²) >= 11 is 0. The predicted molar refractivity (Wildman–Crippen MR) is 117 cm³/mol. The SMILES string of the molecule is CN=C(NCc1ccc(OCC(F)(F)F)nc1)N1CCC(c2ccccc2)C1.I. The van der Waals surface area contributed by atoms with Crippen LogP contribution in [-0.4, -0.2) is 48.8 Å². The molecule has 2 heterocycles. The summed E-state index contributed by atoms with van der Waals surface area (Å²) in [7, 11) is 1.74. The monoisotopic (exact) mass is 520 g/mol. The molecule has 1 aromatic carbocycles. The van der Waals surface area contributed by atoms with Crippen LogP contribution in [0.2, 0.25) is 0 Å². The van der Waals surface area contributed by atoms with Crippen LogP contribution in [0.3, 0.4) is 0 Å². The number of hydrogen-bond donors (Lipinski definition) is 1.